The summed E-state index contributed by atoms with van der Waals surface area (Å²) in [4.78, 5) is 5.21. The van der Waals surface area contributed by atoms with Gasteiger partial charge >= 0.3 is 0 Å². The standard InChI is InChI=1S/C54H35N/c1-3-15-36(16-4-1)43-34-52(37-17-5-2-6-18-37)55-53(35-43)42-22-14-21-40(32-42)38-19-13-20-39(31-38)41-29-30-51-47(33-41)46-25-9-12-28-50(46)54(51)48-26-10-7-23-44(48)45-24-8-11-27-49(45)54/h1-35H. The Bertz CT molecular complexity index is 2820. The molecule has 8 aromatic carbocycles. The molecule has 0 fully saturated rings. The predicted molar refractivity (Wildman–Crippen MR) is 228 cm³/mol. The zero-order valence-electron chi connectivity index (χ0n) is 30.2. The van der Waals surface area contributed by atoms with Crippen LogP contribution in [0, 0.1) is 0 Å². The lowest BCUT2D eigenvalue weighted by atomic mass is 9.70. The maximum absolute atomic E-state index is 5.21. The Labute approximate surface area is 321 Å². The lowest BCUT2D eigenvalue weighted by molar-refractivity contribution is 0.794. The number of benzene rings is 8. The maximum Gasteiger partial charge on any atom is 0.0725 e. The fourth-order valence-corrected chi connectivity index (χ4v) is 9.25. The molecule has 0 atom stereocenters. The van der Waals surface area contributed by atoms with Crippen LogP contribution in [-0.4, -0.2) is 4.98 Å². The van der Waals surface area contributed by atoms with Gasteiger partial charge in [0, 0.05) is 11.1 Å². The maximum atomic E-state index is 5.21. The highest BCUT2D eigenvalue weighted by Crippen LogP contribution is 2.62. The first kappa shape index (κ1) is 31.4. The number of aromatic nitrogens is 1. The number of hydrogen-bond acceptors (Lipinski definition) is 1. The van der Waals surface area contributed by atoms with Crippen LogP contribution in [0.4, 0.5) is 0 Å². The molecular formula is C54H35N. The molecule has 0 N–H and O–H groups in total. The van der Waals surface area contributed by atoms with Gasteiger partial charge in [0.05, 0.1) is 16.8 Å². The Morgan fingerprint density at radius 3 is 1.22 bits per heavy atom. The van der Waals surface area contributed by atoms with Crippen LogP contribution in [0.5, 0.6) is 0 Å². The number of hydrogen-bond donors (Lipinski definition) is 0. The van der Waals surface area contributed by atoms with Crippen LogP contribution < -0.4 is 0 Å². The summed E-state index contributed by atoms with van der Waals surface area (Å²) in [7, 11) is 0. The molecule has 0 saturated heterocycles. The van der Waals surface area contributed by atoms with Gasteiger partial charge in [0.1, 0.15) is 0 Å². The van der Waals surface area contributed by atoms with Gasteiger partial charge in [0.25, 0.3) is 0 Å². The summed E-state index contributed by atoms with van der Waals surface area (Å²) in [6.45, 7) is 0. The van der Waals surface area contributed by atoms with Crippen molar-refractivity contribution in [3.63, 3.8) is 0 Å². The third-order valence-corrected chi connectivity index (χ3v) is 11.7. The van der Waals surface area contributed by atoms with Crippen molar-refractivity contribution in [3.8, 4) is 78.1 Å². The van der Waals surface area contributed by atoms with Crippen LogP contribution in [-0.2, 0) is 5.41 Å². The normalized spacial score (nSPS) is 12.9. The van der Waals surface area contributed by atoms with E-state index >= 15 is 0 Å². The van der Waals surface area contributed by atoms with Crippen molar-refractivity contribution < 1.29 is 0 Å². The molecule has 11 rings (SSSR count). The van der Waals surface area contributed by atoms with E-state index in [4.69, 9.17) is 4.98 Å². The average Bonchev–Trinajstić information content (AvgIpc) is 3.74. The quantitative estimate of drug-likeness (QED) is 0.174. The predicted octanol–water partition coefficient (Wildman–Crippen LogP) is 13.8. The van der Waals surface area contributed by atoms with Gasteiger partial charge in [0.2, 0.25) is 0 Å². The topological polar surface area (TPSA) is 12.9 Å². The lowest BCUT2D eigenvalue weighted by Crippen LogP contribution is -2.25. The summed E-state index contributed by atoms with van der Waals surface area (Å²) in [6, 6.07) is 77.4. The molecule has 1 aromatic heterocycles. The molecule has 256 valence electrons. The number of fused-ring (bicyclic) bond motifs is 10. The molecule has 0 bridgehead atoms. The fraction of sp³-hybridized carbons (Fsp3) is 0.0185. The molecule has 0 radical (unpaired) electrons. The van der Waals surface area contributed by atoms with Gasteiger partial charge in [-0.3, -0.25) is 0 Å². The number of pyridine rings is 1. The highest BCUT2D eigenvalue weighted by atomic mass is 14.7. The summed E-state index contributed by atoms with van der Waals surface area (Å²) in [5.41, 5.74) is 21.6. The highest BCUT2D eigenvalue weighted by molar-refractivity contribution is 5.96. The first-order chi connectivity index (χ1) is 27.3. The second-order valence-electron chi connectivity index (χ2n) is 14.7. The number of nitrogens with zero attached hydrogens (tertiary/aromatic N) is 1. The summed E-state index contributed by atoms with van der Waals surface area (Å²) in [6.07, 6.45) is 0. The molecule has 0 aliphatic heterocycles. The van der Waals surface area contributed by atoms with Crippen molar-refractivity contribution in [3.05, 3.63) is 235 Å². The zero-order valence-corrected chi connectivity index (χ0v) is 30.2. The summed E-state index contributed by atoms with van der Waals surface area (Å²) < 4.78 is 0. The van der Waals surface area contributed by atoms with E-state index in [1.165, 1.54) is 66.8 Å². The minimum Gasteiger partial charge on any atom is -0.248 e. The van der Waals surface area contributed by atoms with Crippen LogP contribution in [0.1, 0.15) is 22.3 Å². The summed E-state index contributed by atoms with van der Waals surface area (Å²) >= 11 is 0. The molecule has 9 aromatic rings. The average molecular weight is 698 g/mol. The van der Waals surface area contributed by atoms with Crippen molar-refractivity contribution in [1.82, 2.24) is 4.98 Å². The molecule has 0 unspecified atom stereocenters. The van der Waals surface area contributed by atoms with Gasteiger partial charge in [-0.25, -0.2) is 4.98 Å². The van der Waals surface area contributed by atoms with Crippen molar-refractivity contribution in [2.75, 3.05) is 0 Å². The Balaban J connectivity index is 1.01. The molecule has 1 heteroatoms. The van der Waals surface area contributed by atoms with Gasteiger partial charge in [-0.1, -0.05) is 182 Å². The molecule has 2 aliphatic rings. The molecular weight excluding hydrogens is 663 g/mol. The van der Waals surface area contributed by atoms with Gasteiger partial charge < -0.3 is 0 Å². The fourth-order valence-electron chi connectivity index (χ4n) is 9.25. The van der Waals surface area contributed by atoms with E-state index < -0.39 is 0 Å². The first-order valence-corrected chi connectivity index (χ1v) is 19.0. The number of rotatable bonds is 5. The van der Waals surface area contributed by atoms with Crippen LogP contribution in [0.15, 0.2) is 212 Å². The summed E-state index contributed by atoms with van der Waals surface area (Å²) in [5, 5.41) is 0. The van der Waals surface area contributed by atoms with E-state index in [0.29, 0.717) is 0 Å². The van der Waals surface area contributed by atoms with E-state index in [-0.39, 0.29) is 5.41 Å². The van der Waals surface area contributed by atoms with Crippen molar-refractivity contribution in [1.29, 1.82) is 0 Å². The SMILES string of the molecule is c1ccc(-c2cc(-c3ccccc3)nc(-c3cccc(-c4cccc(-c5ccc6c(c5)-c5ccccc5C65c6ccccc6-c6ccccc65)c4)c3)c2)cc1. The largest absolute Gasteiger partial charge is 0.248 e. The van der Waals surface area contributed by atoms with E-state index in [1.54, 1.807) is 0 Å². The third-order valence-electron chi connectivity index (χ3n) is 11.7. The second kappa shape index (κ2) is 12.5. The van der Waals surface area contributed by atoms with Gasteiger partial charge in [-0.15, -0.1) is 0 Å². The molecule has 1 nitrogen and oxygen atoms in total. The van der Waals surface area contributed by atoms with Crippen LogP contribution >= 0.6 is 0 Å². The Morgan fingerprint density at radius 1 is 0.236 bits per heavy atom. The smallest absolute Gasteiger partial charge is 0.0725 e. The van der Waals surface area contributed by atoms with Crippen molar-refractivity contribution in [2.24, 2.45) is 0 Å². The van der Waals surface area contributed by atoms with Crippen molar-refractivity contribution in [2.45, 2.75) is 5.41 Å². The molecule has 1 spiro atoms. The van der Waals surface area contributed by atoms with E-state index in [2.05, 4.69) is 212 Å². The summed E-state index contributed by atoms with van der Waals surface area (Å²) in [5.74, 6) is 0. The lowest BCUT2D eigenvalue weighted by Gasteiger charge is -2.30. The Kier molecular flexibility index (Phi) is 7.15. The Morgan fingerprint density at radius 2 is 0.636 bits per heavy atom. The van der Waals surface area contributed by atoms with E-state index in [9.17, 15) is 0 Å². The van der Waals surface area contributed by atoms with Gasteiger partial charge in [-0.05, 0) is 108 Å². The third kappa shape index (κ3) is 4.90. The molecule has 55 heavy (non-hydrogen) atoms. The molecule has 2 aliphatic carbocycles. The van der Waals surface area contributed by atoms with Crippen LogP contribution in [0.3, 0.4) is 0 Å². The molecule has 1 heterocycles. The van der Waals surface area contributed by atoms with Crippen LogP contribution in [0.2, 0.25) is 0 Å². The minimum atomic E-state index is -0.327. The van der Waals surface area contributed by atoms with Gasteiger partial charge in [-0.2, -0.15) is 0 Å². The second-order valence-corrected chi connectivity index (χ2v) is 14.7. The molecule has 0 saturated carbocycles. The highest BCUT2D eigenvalue weighted by Gasteiger charge is 2.51. The first-order valence-electron chi connectivity index (χ1n) is 19.0. The molecule has 0 amide bonds. The van der Waals surface area contributed by atoms with Crippen LogP contribution in [0.25, 0.3) is 78.1 Å². The van der Waals surface area contributed by atoms with Crippen molar-refractivity contribution >= 4 is 0 Å². The van der Waals surface area contributed by atoms with E-state index in [0.717, 1.165) is 33.6 Å². The van der Waals surface area contributed by atoms with E-state index in [1.807, 2.05) is 0 Å². The van der Waals surface area contributed by atoms with Gasteiger partial charge in [0.15, 0.2) is 0 Å². The zero-order chi connectivity index (χ0) is 36.3. The monoisotopic (exact) mass is 697 g/mol. The minimum absolute atomic E-state index is 0.327. The Hall–Kier alpha value is -7.09.